The summed E-state index contributed by atoms with van der Waals surface area (Å²) in [6, 6.07) is 10.5. The summed E-state index contributed by atoms with van der Waals surface area (Å²) in [5.74, 6) is -6.66. The highest BCUT2D eigenvalue weighted by atomic mass is 35.5. The van der Waals surface area contributed by atoms with E-state index in [1.807, 2.05) is 0 Å². The number of hydrogen-bond acceptors (Lipinski definition) is 3. The van der Waals surface area contributed by atoms with Crippen LogP contribution in [-0.4, -0.2) is 27.2 Å². The van der Waals surface area contributed by atoms with Gasteiger partial charge in [-0.3, -0.25) is 14.4 Å². The van der Waals surface area contributed by atoms with Crippen molar-refractivity contribution in [1.82, 2.24) is 0 Å². The molecule has 3 aromatic carbocycles. The molecule has 0 aliphatic heterocycles. The van der Waals surface area contributed by atoms with Crippen LogP contribution in [-0.2, 0) is 16.0 Å². The van der Waals surface area contributed by atoms with Gasteiger partial charge in [0.15, 0.2) is 5.82 Å². The first-order chi connectivity index (χ1) is 17.8. The molecule has 0 bridgehead atoms. The quantitative estimate of drug-likeness (QED) is 0.241. The molecule has 0 heterocycles. The molecule has 1 aliphatic rings. The molecule has 0 saturated heterocycles. The Balaban J connectivity index is 1.53. The predicted octanol–water partition coefficient (Wildman–Crippen LogP) is 7.33. The van der Waals surface area contributed by atoms with Crippen molar-refractivity contribution < 1.29 is 28.3 Å². The van der Waals surface area contributed by atoms with Gasteiger partial charge >= 0.3 is 5.97 Å². The number of aliphatic carboxylic acids is 1. The maximum absolute atomic E-state index is 14.7. The van der Waals surface area contributed by atoms with E-state index in [4.69, 9.17) is 63.1 Å². The fourth-order valence-electron chi connectivity index (χ4n) is 4.02. The Hall–Kier alpha value is -2.62. The molecular formula is C25H15Cl5F2N2O4. The smallest absolute Gasteiger partial charge is 0.308 e. The summed E-state index contributed by atoms with van der Waals surface area (Å²) < 4.78 is 27.1. The maximum atomic E-state index is 14.7. The molecule has 38 heavy (non-hydrogen) atoms. The number of carboxylic acids is 1. The first-order valence-electron chi connectivity index (χ1n) is 10.7. The van der Waals surface area contributed by atoms with Crippen LogP contribution in [0.15, 0.2) is 48.5 Å². The van der Waals surface area contributed by atoms with Crippen LogP contribution in [0, 0.1) is 17.6 Å². The molecule has 0 spiro atoms. The Morgan fingerprint density at radius 1 is 0.921 bits per heavy atom. The molecule has 3 aromatic rings. The van der Waals surface area contributed by atoms with Crippen molar-refractivity contribution in [3.63, 3.8) is 0 Å². The molecule has 198 valence electrons. The standard InChI is InChI=1S/C25H15Cl5F2N2O4/c26-11-5-10(6-12(27)7-11)20-21(25(20,29)30)24(38)33-13-1-2-16(28)14(8-13)23(37)34-18-4-3-17(31)15(22(18)32)9-19(35)36/h1-8,20-21H,9H2,(H,33,38)(H,34,37)(H,35,36)/t20-,21+/m0/s1. The molecule has 1 fully saturated rings. The van der Waals surface area contributed by atoms with Crippen molar-refractivity contribution in [2.45, 2.75) is 16.7 Å². The largest absolute Gasteiger partial charge is 0.481 e. The zero-order chi connectivity index (χ0) is 27.9. The number of carbonyl (C=O) groups is 3. The van der Waals surface area contributed by atoms with E-state index in [1.165, 1.54) is 24.3 Å². The first kappa shape index (κ1) is 28.4. The molecule has 3 N–H and O–H groups in total. The van der Waals surface area contributed by atoms with Gasteiger partial charge < -0.3 is 15.7 Å². The topological polar surface area (TPSA) is 95.5 Å². The van der Waals surface area contributed by atoms with Gasteiger partial charge in [0.1, 0.15) is 10.2 Å². The van der Waals surface area contributed by atoms with E-state index >= 15 is 0 Å². The third-order valence-corrected chi connectivity index (χ3v) is 7.53. The van der Waals surface area contributed by atoms with Crippen LogP contribution >= 0.6 is 58.0 Å². The summed E-state index contributed by atoms with van der Waals surface area (Å²) in [6.07, 6.45) is -0.921. The van der Waals surface area contributed by atoms with Crippen molar-refractivity contribution in [2.75, 3.05) is 10.6 Å². The van der Waals surface area contributed by atoms with Gasteiger partial charge in [-0.2, -0.15) is 0 Å². The Morgan fingerprint density at radius 3 is 2.21 bits per heavy atom. The van der Waals surface area contributed by atoms with Gasteiger partial charge in [0.25, 0.3) is 5.91 Å². The number of hydrogen-bond donors (Lipinski definition) is 3. The highest BCUT2D eigenvalue weighted by molar-refractivity contribution is 6.53. The number of carbonyl (C=O) groups excluding carboxylic acids is 2. The van der Waals surface area contributed by atoms with Crippen molar-refractivity contribution >= 4 is 87.2 Å². The molecule has 1 aliphatic carbocycles. The number of nitrogens with one attached hydrogen (secondary N) is 2. The number of amides is 2. The summed E-state index contributed by atoms with van der Waals surface area (Å²) in [5.41, 5.74) is -0.576. The molecule has 1 saturated carbocycles. The van der Waals surface area contributed by atoms with Crippen molar-refractivity contribution in [3.8, 4) is 0 Å². The second-order valence-corrected chi connectivity index (χ2v) is 11.2. The number of rotatable bonds is 7. The van der Waals surface area contributed by atoms with Crippen LogP contribution in [0.5, 0.6) is 0 Å². The number of alkyl halides is 2. The lowest BCUT2D eigenvalue weighted by Gasteiger charge is -2.12. The van der Waals surface area contributed by atoms with Gasteiger partial charge in [-0.05, 0) is 54.1 Å². The van der Waals surface area contributed by atoms with E-state index in [2.05, 4.69) is 10.6 Å². The average molecular weight is 623 g/mol. The summed E-state index contributed by atoms with van der Waals surface area (Å²) >= 11 is 31.0. The minimum atomic E-state index is -1.45. The third kappa shape index (κ3) is 5.84. The molecular weight excluding hydrogens is 608 g/mol. The second-order valence-electron chi connectivity index (χ2n) is 8.43. The Bertz CT molecular complexity index is 1460. The number of halogens is 7. The van der Waals surface area contributed by atoms with Gasteiger partial charge in [-0.25, -0.2) is 8.78 Å². The molecule has 0 unspecified atom stereocenters. The summed E-state index contributed by atoms with van der Waals surface area (Å²) in [6.45, 7) is 0. The van der Waals surface area contributed by atoms with E-state index in [0.29, 0.717) is 15.6 Å². The lowest BCUT2D eigenvalue weighted by atomic mass is 10.1. The predicted molar refractivity (Wildman–Crippen MR) is 143 cm³/mol. The highest BCUT2D eigenvalue weighted by Crippen LogP contribution is 2.65. The van der Waals surface area contributed by atoms with E-state index in [-0.39, 0.29) is 16.3 Å². The fraction of sp³-hybridized carbons (Fsp3) is 0.160. The first-order valence-corrected chi connectivity index (χ1v) is 12.6. The minimum absolute atomic E-state index is 0.0318. The molecule has 2 amide bonds. The third-order valence-electron chi connectivity index (χ3n) is 5.82. The normalized spacial score (nSPS) is 17.6. The maximum Gasteiger partial charge on any atom is 0.308 e. The Labute approximate surface area is 239 Å². The highest BCUT2D eigenvalue weighted by Gasteiger charge is 2.67. The number of benzene rings is 3. The van der Waals surface area contributed by atoms with E-state index in [9.17, 15) is 23.2 Å². The molecule has 0 aromatic heterocycles. The average Bonchev–Trinajstić information content (AvgIpc) is 3.41. The van der Waals surface area contributed by atoms with Crippen molar-refractivity contribution in [2.24, 2.45) is 5.92 Å². The van der Waals surface area contributed by atoms with Crippen molar-refractivity contribution in [3.05, 3.63) is 91.9 Å². The van der Waals surface area contributed by atoms with Crippen molar-refractivity contribution in [1.29, 1.82) is 0 Å². The second kappa shape index (κ2) is 10.9. The van der Waals surface area contributed by atoms with E-state index in [1.54, 1.807) is 12.1 Å². The van der Waals surface area contributed by atoms with Crippen LogP contribution < -0.4 is 10.6 Å². The Morgan fingerprint density at radius 2 is 1.58 bits per heavy atom. The molecule has 6 nitrogen and oxygen atoms in total. The summed E-state index contributed by atoms with van der Waals surface area (Å²) in [4.78, 5) is 36.8. The van der Waals surface area contributed by atoms with Gasteiger partial charge in [0, 0.05) is 27.2 Å². The minimum Gasteiger partial charge on any atom is -0.481 e. The SMILES string of the molecule is O=C(O)Cc1c(F)ccc(NC(=O)c2cc(NC(=O)[C@H]3[C@H](c4cc(Cl)cc(Cl)c4)C3(Cl)Cl)ccc2Cl)c1F. The molecule has 4 rings (SSSR count). The van der Waals surface area contributed by atoms with Crippen LogP contribution in [0.4, 0.5) is 20.2 Å². The van der Waals surface area contributed by atoms with Crippen LogP contribution in [0.1, 0.15) is 27.4 Å². The lowest BCUT2D eigenvalue weighted by molar-refractivity contribution is -0.136. The van der Waals surface area contributed by atoms with Gasteiger partial charge in [0.05, 0.1) is 28.6 Å². The number of anilines is 2. The monoisotopic (exact) mass is 620 g/mol. The fourth-order valence-corrected chi connectivity index (χ4v) is 5.59. The van der Waals surface area contributed by atoms with E-state index < -0.39 is 63.3 Å². The summed E-state index contributed by atoms with van der Waals surface area (Å²) in [7, 11) is 0. The Kier molecular flexibility index (Phi) is 8.12. The van der Waals surface area contributed by atoms with E-state index in [0.717, 1.165) is 12.1 Å². The van der Waals surface area contributed by atoms with Gasteiger partial charge in [-0.15, -0.1) is 23.2 Å². The van der Waals surface area contributed by atoms with Gasteiger partial charge in [-0.1, -0.05) is 34.8 Å². The van der Waals surface area contributed by atoms with Crippen LogP contribution in [0.3, 0.4) is 0 Å². The zero-order valence-electron chi connectivity index (χ0n) is 18.8. The molecule has 2 atom stereocenters. The number of carboxylic acid groups (broad SMARTS) is 1. The lowest BCUT2D eigenvalue weighted by Crippen LogP contribution is -2.19. The molecule has 0 radical (unpaired) electrons. The van der Waals surface area contributed by atoms with Gasteiger partial charge in [0.2, 0.25) is 5.91 Å². The summed E-state index contributed by atoms with van der Waals surface area (Å²) in [5, 5.41) is 14.4. The van der Waals surface area contributed by atoms with Crippen LogP contribution in [0.25, 0.3) is 0 Å². The zero-order valence-corrected chi connectivity index (χ0v) is 22.6. The molecule has 13 heteroatoms. The van der Waals surface area contributed by atoms with Crippen LogP contribution in [0.2, 0.25) is 15.1 Å².